The Kier molecular flexibility index (Phi) is 4.72. The van der Waals surface area contributed by atoms with Crippen molar-refractivity contribution in [2.24, 2.45) is 0 Å². The second-order valence-electron chi connectivity index (χ2n) is 2.00. The second-order valence-corrected chi connectivity index (χ2v) is 2.00. The quantitative estimate of drug-likeness (QED) is 0.178. The molecule has 3 N–H and O–H groups in total. The van der Waals surface area contributed by atoms with Crippen molar-refractivity contribution in [1.29, 1.82) is 0 Å². The number of hydrogen-bond donors (Lipinski definition) is 2. The van der Waals surface area contributed by atoms with E-state index >= 15 is 0 Å². The predicted molar refractivity (Wildman–Crippen MR) is 40.3 cm³/mol. The first kappa shape index (κ1) is 11.9. The van der Waals surface area contributed by atoms with E-state index in [-0.39, 0.29) is 69.9 Å². The summed E-state index contributed by atoms with van der Waals surface area (Å²) in [6, 6.07) is 3.48. The van der Waals surface area contributed by atoms with Gasteiger partial charge in [0.15, 0.2) is 0 Å². The Bertz CT molecular complexity index is 308. The van der Waals surface area contributed by atoms with Gasteiger partial charge >= 0.3 is 51.4 Å². The number of nitrogens with two attached hydrogens (primary N) is 1. The van der Waals surface area contributed by atoms with Crippen LogP contribution in [0.5, 0.6) is 5.75 Å². The molecule has 5 nitrogen and oxygen atoms in total. The van der Waals surface area contributed by atoms with Gasteiger partial charge < -0.3 is 12.3 Å². The summed E-state index contributed by atoms with van der Waals surface area (Å²) in [6.07, 6.45) is 0. The number of benzene rings is 1. The molecular formula is C6H7KN2O3. The molecule has 0 aliphatic carbocycles. The Morgan fingerprint density at radius 3 is 2.58 bits per heavy atom. The fraction of sp³-hybridized carbons (Fsp3) is 0. The van der Waals surface area contributed by atoms with Gasteiger partial charge in [-0.25, -0.2) is 0 Å². The molecule has 1 aromatic rings. The van der Waals surface area contributed by atoms with E-state index in [1.807, 2.05) is 0 Å². The van der Waals surface area contributed by atoms with Gasteiger partial charge in [-0.3, -0.25) is 10.1 Å². The van der Waals surface area contributed by atoms with Gasteiger partial charge in [0.25, 0.3) is 5.69 Å². The molecule has 12 heavy (non-hydrogen) atoms. The van der Waals surface area contributed by atoms with Gasteiger partial charge in [0.2, 0.25) is 0 Å². The first-order valence-electron chi connectivity index (χ1n) is 2.84. The Hall–Kier alpha value is -0.144. The van der Waals surface area contributed by atoms with Crippen LogP contribution in [0.2, 0.25) is 0 Å². The van der Waals surface area contributed by atoms with Gasteiger partial charge in [0, 0.05) is 12.1 Å². The van der Waals surface area contributed by atoms with Crippen LogP contribution in [-0.2, 0) is 0 Å². The van der Waals surface area contributed by atoms with Crippen LogP contribution in [0.1, 0.15) is 1.43 Å². The van der Waals surface area contributed by atoms with Crippen molar-refractivity contribution >= 4 is 11.4 Å². The summed E-state index contributed by atoms with van der Waals surface area (Å²) in [5, 5.41) is 19.0. The fourth-order valence-corrected chi connectivity index (χ4v) is 0.655. The number of aromatic hydroxyl groups is 1. The minimum atomic E-state index is -0.574. The van der Waals surface area contributed by atoms with E-state index in [1.54, 1.807) is 0 Å². The summed E-state index contributed by atoms with van der Waals surface area (Å²) in [4.78, 5) is 9.56. The van der Waals surface area contributed by atoms with Gasteiger partial charge in [-0.05, 0) is 6.07 Å². The fourth-order valence-electron chi connectivity index (χ4n) is 0.655. The van der Waals surface area contributed by atoms with Crippen LogP contribution in [0.15, 0.2) is 18.2 Å². The molecule has 0 aliphatic rings. The molecule has 0 unspecified atom stereocenters. The van der Waals surface area contributed by atoms with Crippen molar-refractivity contribution in [3.63, 3.8) is 0 Å². The van der Waals surface area contributed by atoms with Gasteiger partial charge in [-0.1, -0.05) is 0 Å². The first-order valence-corrected chi connectivity index (χ1v) is 2.84. The van der Waals surface area contributed by atoms with E-state index in [1.165, 1.54) is 12.1 Å². The average Bonchev–Trinajstić information content (AvgIpc) is 1.94. The summed E-state index contributed by atoms with van der Waals surface area (Å²) in [5.41, 5.74) is 5.09. The monoisotopic (exact) mass is 194 g/mol. The van der Waals surface area contributed by atoms with E-state index in [4.69, 9.17) is 10.8 Å². The molecule has 0 spiro atoms. The Labute approximate surface area is 113 Å². The minimum absolute atomic E-state index is 0. The zero-order valence-corrected chi connectivity index (χ0v) is 9.64. The van der Waals surface area contributed by atoms with Crippen LogP contribution in [0, 0.1) is 10.1 Å². The third-order valence-electron chi connectivity index (χ3n) is 1.22. The van der Waals surface area contributed by atoms with Crippen LogP contribution < -0.4 is 57.1 Å². The van der Waals surface area contributed by atoms with Crippen molar-refractivity contribution < 1.29 is 62.8 Å². The first-order chi connectivity index (χ1) is 5.11. The summed E-state index contributed by atoms with van der Waals surface area (Å²) < 4.78 is 0. The number of phenolic OH excluding ortho intramolecular Hbond substituents is 1. The third-order valence-corrected chi connectivity index (χ3v) is 1.22. The molecule has 1 rings (SSSR count). The summed E-state index contributed by atoms with van der Waals surface area (Å²) in [5.74, 6) is -0.143. The molecule has 0 radical (unpaired) electrons. The van der Waals surface area contributed by atoms with Crippen LogP contribution >= 0.6 is 0 Å². The number of nitro groups is 1. The van der Waals surface area contributed by atoms with Crippen molar-refractivity contribution in [3.8, 4) is 5.75 Å². The zero-order chi connectivity index (χ0) is 8.43. The average molecular weight is 194 g/mol. The van der Waals surface area contributed by atoms with Gasteiger partial charge in [0.05, 0.1) is 10.6 Å². The molecule has 0 atom stereocenters. The van der Waals surface area contributed by atoms with E-state index in [0.717, 1.165) is 6.07 Å². The number of nitrogens with zero attached hydrogens (tertiary/aromatic N) is 1. The second kappa shape index (κ2) is 4.78. The molecule has 0 saturated carbocycles. The topological polar surface area (TPSA) is 89.4 Å². The van der Waals surface area contributed by atoms with E-state index in [9.17, 15) is 10.1 Å². The number of rotatable bonds is 1. The van der Waals surface area contributed by atoms with Crippen LogP contribution in [0.25, 0.3) is 0 Å². The van der Waals surface area contributed by atoms with Crippen molar-refractivity contribution in [3.05, 3.63) is 28.3 Å². The molecule has 6 heteroatoms. The third kappa shape index (κ3) is 2.72. The van der Waals surface area contributed by atoms with Crippen LogP contribution in [-0.4, -0.2) is 10.0 Å². The van der Waals surface area contributed by atoms with E-state index < -0.39 is 4.92 Å². The van der Waals surface area contributed by atoms with E-state index in [0.29, 0.717) is 0 Å². The standard InChI is InChI=1S/C6H6N2O3.K.H/c7-5-3-4(8(10)11)1-2-6(5)9;;/h1-3,9H,7H2;;/q;+1;-1. The number of nitrogen functional groups attached to an aromatic ring is 1. The molecule has 0 bridgehead atoms. The molecule has 0 heterocycles. The van der Waals surface area contributed by atoms with Crippen LogP contribution in [0.4, 0.5) is 11.4 Å². The molecule has 0 saturated heterocycles. The van der Waals surface area contributed by atoms with Crippen molar-refractivity contribution in [2.75, 3.05) is 5.73 Å². The van der Waals surface area contributed by atoms with Gasteiger partial charge in [-0.15, -0.1) is 0 Å². The van der Waals surface area contributed by atoms with Crippen molar-refractivity contribution in [2.45, 2.75) is 0 Å². The number of anilines is 1. The molecular weight excluding hydrogens is 187 g/mol. The Morgan fingerprint density at radius 2 is 2.17 bits per heavy atom. The van der Waals surface area contributed by atoms with Gasteiger partial charge in [-0.2, -0.15) is 0 Å². The van der Waals surface area contributed by atoms with Crippen LogP contribution in [0.3, 0.4) is 0 Å². The SMILES string of the molecule is Nc1cc([N+](=O)[O-])ccc1O.[H-].[K+]. The number of phenols is 1. The number of hydrogen-bond acceptors (Lipinski definition) is 4. The molecule has 0 amide bonds. The number of non-ortho nitro benzene ring substituents is 1. The minimum Gasteiger partial charge on any atom is -1.00 e. The van der Waals surface area contributed by atoms with E-state index in [2.05, 4.69) is 0 Å². The normalized spacial score (nSPS) is 8.67. The largest absolute Gasteiger partial charge is 1.00 e. The van der Waals surface area contributed by atoms with Crippen molar-refractivity contribution in [1.82, 2.24) is 0 Å². The summed E-state index contributed by atoms with van der Waals surface area (Å²) in [6.45, 7) is 0. The Balaban J connectivity index is 0. The maximum Gasteiger partial charge on any atom is 1.00 e. The predicted octanol–water partition coefficient (Wildman–Crippen LogP) is -2.00. The number of nitro benzene ring substituents is 1. The smallest absolute Gasteiger partial charge is 1.00 e. The molecule has 0 aliphatic heterocycles. The van der Waals surface area contributed by atoms with Gasteiger partial charge in [0.1, 0.15) is 5.75 Å². The maximum absolute atomic E-state index is 10.1. The molecule has 0 aromatic heterocycles. The Morgan fingerprint density at radius 1 is 1.58 bits per heavy atom. The zero-order valence-electron chi connectivity index (χ0n) is 7.52. The molecule has 60 valence electrons. The molecule has 0 fully saturated rings. The summed E-state index contributed by atoms with van der Waals surface area (Å²) in [7, 11) is 0. The molecule has 1 aromatic carbocycles. The summed E-state index contributed by atoms with van der Waals surface area (Å²) >= 11 is 0. The maximum atomic E-state index is 10.1.